The van der Waals surface area contributed by atoms with E-state index >= 15 is 0 Å². The number of carbonyl (C=O) groups excluding carboxylic acids is 1. The Hall–Kier alpha value is -1.55. The molecular formula is C12H16N2O2. The van der Waals surface area contributed by atoms with Crippen molar-refractivity contribution >= 4 is 5.91 Å². The van der Waals surface area contributed by atoms with E-state index in [9.17, 15) is 4.79 Å². The molecule has 1 fully saturated rings. The molecule has 1 aliphatic rings. The van der Waals surface area contributed by atoms with Crippen LogP contribution in [0.4, 0.5) is 0 Å². The van der Waals surface area contributed by atoms with Crippen molar-refractivity contribution in [1.82, 2.24) is 5.32 Å². The molecule has 2 rings (SSSR count). The monoisotopic (exact) mass is 220 g/mol. The summed E-state index contributed by atoms with van der Waals surface area (Å²) in [7, 11) is 1.63. The standard InChI is InChI=1S/C12H16N2O2/c1-16-9-4-2-3-8(5-9)7-14-12(15)10-6-11(10)13/h2-5,10-11H,6-7,13H2,1H3,(H,14,15). The third-order valence-electron chi connectivity index (χ3n) is 2.78. The van der Waals surface area contributed by atoms with Gasteiger partial charge in [0.2, 0.25) is 5.91 Å². The number of hydrogen-bond donors (Lipinski definition) is 2. The fraction of sp³-hybridized carbons (Fsp3) is 0.417. The zero-order valence-electron chi connectivity index (χ0n) is 9.27. The van der Waals surface area contributed by atoms with E-state index in [1.807, 2.05) is 24.3 Å². The number of hydrogen-bond acceptors (Lipinski definition) is 3. The maximum absolute atomic E-state index is 11.5. The second-order valence-electron chi connectivity index (χ2n) is 4.08. The van der Waals surface area contributed by atoms with Gasteiger partial charge in [0.25, 0.3) is 0 Å². The summed E-state index contributed by atoms with van der Waals surface area (Å²) in [6, 6.07) is 7.71. The summed E-state index contributed by atoms with van der Waals surface area (Å²) in [6.45, 7) is 0.527. The first kappa shape index (κ1) is 11.0. The van der Waals surface area contributed by atoms with Gasteiger partial charge in [0.05, 0.1) is 13.0 Å². The van der Waals surface area contributed by atoms with Crippen LogP contribution in [0.2, 0.25) is 0 Å². The second-order valence-corrected chi connectivity index (χ2v) is 4.08. The summed E-state index contributed by atoms with van der Waals surface area (Å²) in [5.74, 6) is 0.871. The lowest BCUT2D eigenvalue weighted by Gasteiger charge is -2.06. The van der Waals surface area contributed by atoms with Gasteiger partial charge in [-0.2, -0.15) is 0 Å². The number of methoxy groups -OCH3 is 1. The normalized spacial score (nSPS) is 22.6. The zero-order valence-corrected chi connectivity index (χ0v) is 9.27. The summed E-state index contributed by atoms with van der Waals surface area (Å²) in [6.07, 6.45) is 0.809. The highest BCUT2D eigenvalue weighted by atomic mass is 16.5. The first-order chi connectivity index (χ1) is 7.70. The lowest BCUT2D eigenvalue weighted by atomic mass is 10.2. The second kappa shape index (κ2) is 4.53. The van der Waals surface area contributed by atoms with Crippen LogP contribution >= 0.6 is 0 Å². The summed E-state index contributed by atoms with van der Waals surface area (Å²) in [4.78, 5) is 11.5. The highest BCUT2D eigenvalue weighted by Gasteiger charge is 2.39. The van der Waals surface area contributed by atoms with E-state index < -0.39 is 0 Å². The third kappa shape index (κ3) is 2.52. The highest BCUT2D eigenvalue weighted by Crippen LogP contribution is 2.27. The molecule has 0 radical (unpaired) electrons. The summed E-state index contributed by atoms with van der Waals surface area (Å²) < 4.78 is 5.11. The molecule has 3 N–H and O–H groups in total. The van der Waals surface area contributed by atoms with E-state index in [0.717, 1.165) is 17.7 Å². The van der Waals surface area contributed by atoms with Gasteiger partial charge in [-0.05, 0) is 24.1 Å². The lowest BCUT2D eigenvalue weighted by Crippen LogP contribution is -2.26. The largest absolute Gasteiger partial charge is 0.497 e. The number of nitrogens with one attached hydrogen (secondary N) is 1. The van der Waals surface area contributed by atoms with E-state index in [0.29, 0.717) is 6.54 Å². The fourth-order valence-electron chi connectivity index (χ4n) is 1.62. The summed E-state index contributed by atoms with van der Waals surface area (Å²) in [5.41, 5.74) is 6.63. The van der Waals surface area contributed by atoms with Crippen molar-refractivity contribution in [2.24, 2.45) is 11.7 Å². The molecule has 0 aliphatic heterocycles. The molecule has 0 saturated heterocycles. The molecule has 4 nitrogen and oxygen atoms in total. The highest BCUT2D eigenvalue weighted by molar-refractivity contribution is 5.82. The molecule has 1 aromatic carbocycles. The molecule has 2 atom stereocenters. The van der Waals surface area contributed by atoms with Gasteiger partial charge in [0, 0.05) is 12.6 Å². The van der Waals surface area contributed by atoms with Crippen LogP contribution in [0.3, 0.4) is 0 Å². The van der Waals surface area contributed by atoms with Crippen LogP contribution in [0.25, 0.3) is 0 Å². The van der Waals surface area contributed by atoms with Gasteiger partial charge in [0.15, 0.2) is 0 Å². The van der Waals surface area contributed by atoms with Crippen molar-refractivity contribution in [2.75, 3.05) is 7.11 Å². The predicted molar refractivity (Wildman–Crippen MR) is 60.9 cm³/mol. The quantitative estimate of drug-likeness (QED) is 0.783. The van der Waals surface area contributed by atoms with Gasteiger partial charge >= 0.3 is 0 Å². The van der Waals surface area contributed by atoms with Crippen molar-refractivity contribution in [3.05, 3.63) is 29.8 Å². The average molecular weight is 220 g/mol. The van der Waals surface area contributed by atoms with Gasteiger partial charge in [-0.25, -0.2) is 0 Å². The van der Waals surface area contributed by atoms with E-state index in [4.69, 9.17) is 10.5 Å². The van der Waals surface area contributed by atoms with Crippen LogP contribution in [0.5, 0.6) is 5.75 Å². The molecule has 0 bridgehead atoms. The van der Waals surface area contributed by atoms with E-state index in [2.05, 4.69) is 5.32 Å². The first-order valence-corrected chi connectivity index (χ1v) is 5.37. The lowest BCUT2D eigenvalue weighted by molar-refractivity contribution is -0.122. The predicted octanol–water partition coefficient (Wildman–Crippen LogP) is 0.659. The molecule has 1 aliphatic carbocycles. The molecule has 1 saturated carbocycles. The van der Waals surface area contributed by atoms with Gasteiger partial charge in [-0.3, -0.25) is 4.79 Å². The summed E-state index contributed by atoms with van der Waals surface area (Å²) in [5, 5.41) is 2.87. The van der Waals surface area contributed by atoms with Crippen molar-refractivity contribution in [1.29, 1.82) is 0 Å². The zero-order chi connectivity index (χ0) is 11.5. The number of ether oxygens (including phenoxy) is 1. The maximum atomic E-state index is 11.5. The van der Waals surface area contributed by atoms with Crippen molar-refractivity contribution in [3.63, 3.8) is 0 Å². The van der Waals surface area contributed by atoms with E-state index in [-0.39, 0.29) is 17.9 Å². The first-order valence-electron chi connectivity index (χ1n) is 5.37. The van der Waals surface area contributed by atoms with Gasteiger partial charge < -0.3 is 15.8 Å². The molecule has 86 valence electrons. The summed E-state index contributed by atoms with van der Waals surface area (Å²) >= 11 is 0. The van der Waals surface area contributed by atoms with Crippen molar-refractivity contribution in [2.45, 2.75) is 19.0 Å². The Kier molecular flexibility index (Phi) is 3.10. The Bertz CT molecular complexity index is 392. The molecule has 16 heavy (non-hydrogen) atoms. The molecule has 0 aromatic heterocycles. The van der Waals surface area contributed by atoms with Crippen molar-refractivity contribution in [3.8, 4) is 5.75 Å². The van der Waals surface area contributed by atoms with Crippen LogP contribution in [0.15, 0.2) is 24.3 Å². The molecular weight excluding hydrogens is 204 g/mol. The molecule has 0 heterocycles. The van der Waals surface area contributed by atoms with Gasteiger partial charge in [0.1, 0.15) is 5.75 Å². The topological polar surface area (TPSA) is 64.3 Å². The third-order valence-corrected chi connectivity index (χ3v) is 2.78. The molecule has 0 spiro atoms. The molecule has 2 unspecified atom stereocenters. The number of carbonyl (C=O) groups is 1. The van der Waals surface area contributed by atoms with Crippen LogP contribution in [-0.4, -0.2) is 19.1 Å². The van der Waals surface area contributed by atoms with Gasteiger partial charge in [-0.15, -0.1) is 0 Å². The number of benzene rings is 1. The number of rotatable bonds is 4. The van der Waals surface area contributed by atoms with Crippen molar-refractivity contribution < 1.29 is 9.53 Å². The smallest absolute Gasteiger partial charge is 0.225 e. The Morgan fingerprint density at radius 3 is 3.00 bits per heavy atom. The molecule has 4 heteroatoms. The Morgan fingerprint density at radius 2 is 2.38 bits per heavy atom. The minimum atomic E-state index is 0.0191. The minimum Gasteiger partial charge on any atom is -0.497 e. The molecule has 1 amide bonds. The minimum absolute atomic E-state index is 0.0191. The molecule has 1 aromatic rings. The Morgan fingerprint density at radius 1 is 1.62 bits per heavy atom. The van der Waals surface area contributed by atoms with Crippen LogP contribution in [0.1, 0.15) is 12.0 Å². The van der Waals surface area contributed by atoms with Gasteiger partial charge in [-0.1, -0.05) is 12.1 Å². The van der Waals surface area contributed by atoms with E-state index in [1.54, 1.807) is 7.11 Å². The Balaban J connectivity index is 1.86. The van der Waals surface area contributed by atoms with Crippen LogP contribution in [-0.2, 0) is 11.3 Å². The average Bonchev–Trinajstić information content (AvgIpc) is 3.04. The Labute approximate surface area is 94.8 Å². The van der Waals surface area contributed by atoms with E-state index in [1.165, 1.54) is 0 Å². The van der Waals surface area contributed by atoms with Crippen LogP contribution < -0.4 is 15.8 Å². The SMILES string of the molecule is COc1cccc(CNC(=O)C2CC2N)c1. The fourth-order valence-corrected chi connectivity index (χ4v) is 1.62. The van der Waals surface area contributed by atoms with Crippen LogP contribution in [0, 0.1) is 5.92 Å². The number of nitrogens with two attached hydrogens (primary N) is 1. The maximum Gasteiger partial charge on any atom is 0.225 e. The number of amides is 1.